The molecule has 2 aromatic heterocycles. The fourth-order valence-corrected chi connectivity index (χ4v) is 8.58. The SMILES string of the molecule is CC(C)c1cc(C(C)C)c(-c2cccc(N3C=CN(c4[c-]c(Oc5[c-]c6c(cc5)c5ccccc5n6-c5cc(C(C)(C)C)ccn5)cc(-c5ccccc5)c4)[CH-]3)c2)c(C(C)C)c1.[Pt]. The Labute approximate surface area is 388 Å². The summed E-state index contributed by atoms with van der Waals surface area (Å²) in [6.07, 6.45) is 6.10. The maximum Gasteiger partial charge on any atom is 0.135 e. The Morgan fingerprint density at radius 3 is 2.02 bits per heavy atom. The average Bonchev–Trinajstić information content (AvgIpc) is 3.90. The van der Waals surface area contributed by atoms with E-state index in [4.69, 9.17) is 9.72 Å². The summed E-state index contributed by atoms with van der Waals surface area (Å²) in [5.74, 6) is 3.32. The molecule has 0 spiro atoms. The number of anilines is 2. The number of fused-ring (bicyclic) bond motifs is 3. The van der Waals surface area contributed by atoms with Gasteiger partial charge in [-0.25, -0.2) is 4.98 Å². The Hall–Kier alpha value is -5.90. The summed E-state index contributed by atoms with van der Waals surface area (Å²) in [7, 11) is 0. The second kappa shape index (κ2) is 17.7. The van der Waals surface area contributed by atoms with Crippen LogP contribution in [0.25, 0.3) is 49.9 Å². The van der Waals surface area contributed by atoms with Gasteiger partial charge in [-0.3, -0.25) is 0 Å². The average molecular weight is 1010 g/mol. The van der Waals surface area contributed by atoms with Crippen molar-refractivity contribution in [2.45, 2.75) is 85.5 Å². The molecule has 63 heavy (non-hydrogen) atoms. The van der Waals surface area contributed by atoms with Crippen molar-refractivity contribution in [3.8, 4) is 39.6 Å². The Balaban J connectivity index is 0.00000544. The molecule has 6 aromatic carbocycles. The minimum atomic E-state index is -0.0239. The number of aromatic nitrogens is 2. The Morgan fingerprint density at radius 1 is 0.603 bits per heavy atom. The van der Waals surface area contributed by atoms with Crippen molar-refractivity contribution in [2.24, 2.45) is 0 Å². The fraction of sp³-hybridized carbons (Fsp3) is 0.228. The Kier molecular flexibility index (Phi) is 12.3. The van der Waals surface area contributed by atoms with E-state index >= 15 is 0 Å². The van der Waals surface area contributed by atoms with E-state index in [1.54, 1.807) is 0 Å². The molecule has 0 radical (unpaired) electrons. The van der Waals surface area contributed by atoms with Gasteiger partial charge in [0.25, 0.3) is 0 Å². The minimum Gasteiger partial charge on any atom is -0.509 e. The van der Waals surface area contributed by atoms with Crippen LogP contribution < -0.4 is 14.5 Å². The van der Waals surface area contributed by atoms with Crippen LogP contribution in [0.1, 0.15) is 102 Å². The van der Waals surface area contributed by atoms with Gasteiger partial charge < -0.3 is 19.1 Å². The molecule has 0 bridgehead atoms. The maximum absolute atomic E-state index is 6.75. The van der Waals surface area contributed by atoms with Crippen LogP contribution in [0, 0.1) is 18.8 Å². The van der Waals surface area contributed by atoms with Crippen LogP contribution in [0.2, 0.25) is 0 Å². The van der Waals surface area contributed by atoms with Crippen LogP contribution in [0.4, 0.5) is 11.4 Å². The molecular weight excluding hydrogens is 952 g/mol. The number of pyridine rings is 1. The van der Waals surface area contributed by atoms with E-state index in [9.17, 15) is 0 Å². The third-order valence-electron chi connectivity index (χ3n) is 12.0. The monoisotopic (exact) mass is 1010 g/mol. The molecule has 0 atom stereocenters. The number of rotatable bonds is 10. The topological polar surface area (TPSA) is 33.5 Å². The largest absolute Gasteiger partial charge is 0.509 e. The van der Waals surface area contributed by atoms with Crippen molar-refractivity contribution in [3.05, 3.63) is 187 Å². The van der Waals surface area contributed by atoms with E-state index in [-0.39, 0.29) is 26.5 Å². The molecule has 0 unspecified atom stereocenters. The first-order chi connectivity index (χ1) is 29.8. The molecule has 0 fully saturated rings. The molecule has 0 saturated heterocycles. The van der Waals surface area contributed by atoms with Crippen molar-refractivity contribution in [3.63, 3.8) is 0 Å². The molecule has 0 aliphatic carbocycles. The number of hydrogen-bond acceptors (Lipinski definition) is 4. The third-order valence-corrected chi connectivity index (χ3v) is 12.0. The van der Waals surface area contributed by atoms with E-state index in [1.165, 1.54) is 33.4 Å². The van der Waals surface area contributed by atoms with Crippen LogP contribution in [0.15, 0.2) is 146 Å². The van der Waals surface area contributed by atoms with Crippen LogP contribution in [0.3, 0.4) is 0 Å². The molecule has 5 nitrogen and oxygen atoms in total. The predicted octanol–water partition coefficient (Wildman–Crippen LogP) is 15.5. The Bertz CT molecular complexity index is 2930. The van der Waals surface area contributed by atoms with E-state index < -0.39 is 0 Å². The molecule has 1 aliphatic heterocycles. The molecule has 3 heterocycles. The van der Waals surface area contributed by atoms with E-state index in [1.807, 2.05) is 18.3 Å². The first kappa shape index (κ1) is 43.7. The summed E-state index contributed by atoms with van der Waals surface area (Å²) in [6.45, 7) is 22.6. The van der Waals surface area contributed by atoms with Gasteiger partial charge >= 0.3 is 0 Å². The van der Waals surface area contributed by atoms with Crippen LogP contribution >= 0.6 is 0 Å². The van der Waals surface area contributed by atoms with Crippen molar-refractivity contribution in [2.75, 3.05) is 9.80 Å². The molecule has 322 valence electrons. The van der Waals surface area contributed by atoms with Gasteiger partial charge in [-0.05, 0) is 110 Å². The van der Waals surface area contributed by atoms with Gasteiger partial charge in [0.15, 0.2) is 0 Å². The van der Waals surface area contributed by atoms with Crippen molar-refractivity contribution >= 4 is 33.2 Å². The zero-order chi connectivity index (χ0) is 43.3. The molecule has 0 N–H and O–H groups in total. The van der Waals surface area contributed by atoms with Crippen LogP contribution in [-0.4, -0.2) is 9.55 Å². The number of hydrogen-bond donors (Lipinski definition) is 0. The normalized spacial score (nSPS) is 13.0. The fourth-order valence-electron chi connectivity index (χ4n) is 8.58. The standard InChI is InChI=1S/C57H55N4O.Pt/c1-37(2)42-31-51(38(3)4)56(52(32-42)39(5)6)41-18-15-19-45(28-41)59-26-27-60(36-59)46-29-43(40-16-11-10-12-17-40)30-48(34-46)62-47-22-23-50-49-20-13-14-21-53(49)61(54(50)35-47)55-33-44(24-25-58-55)57(7,8)9;/h10-33,36-39H,1-9H3;/q-3;. The first-order valence-corrected chi connectivity index (χ1v) is 21.9. The van der Waals surface area contributed by atoms with Gasteiger partial charge in [0.05, 0.1) is 0 Å². The summed E-state index contributed by atoms with van der Waals surface area (Å²) >= 11 is 0. The Morgan fingerprint density at radius 2 is 1.30 bits per heavy atom. The molecule has 0 amide bonds. The second-order valence-corrected chi connectivity index (χ2v) is 18.5. The van der Waals surface area contributed by atoms with Crippen LogP contribution in [-0.2, 0) is 26.5 Å². The quantitative estimate of drug-likeness (QED) is 0.128. The van der Waals surface area contributed by atoms with Gasteiger partial charge in [0, 0.05) is 50.0 Å². The van der Waals surface area contributed by atoms with E-state index in [2.05, 4.69) is 223 Å². The molecular formula is C57H55N4OPt-3. The molecule has 0 saturated carbocycles. The molecule has 8 aromatic rings. The van der Waals surface area contributed by atoms with Gasteiger partial charge in [0.1, 0.15) is 5.82 Å². The number of ether oxygens (including phenoxy) is 1. The molecule has 1 aliphatic rings. The zero-order valence-electron chi connectivity index (χ0n) is 37.7. The van der Waals surface area contributed by atoms with E-state index in [0.717, 1.165) is 50.1 Å². The summed E-state index contributed by atoms with van der Waals surface area (Å²) in [6, 6.07) is 52.6. The van der Waals surface area contributed by atoms with E-state index in [0.29, 0.717) is 29.3 Å². The summed E-state index contributed by atoms with van der Waals surface area (Å²) in [5.41, 5.74) is 14.1. The predicted molar refractivity (Wildman–Crippen MR) is 259 cm³/mol. The van der Waals surface area contributed by atoms with Gasteiger partial charge in [-0.15, -0.1) is 53.6 Å². The summed E-state index contributed by atoms with van der Waals surface area (Å²) < 4.78 is 8.95. The maximum atomic E-state index is 6.75. The third kappa shape index (κ3) is 8.73. The van der Waals surface area contributed by atoms with Gasteiger partial charge in [-0.1, -0.05) is 141 Å². The van der Waals surface area contributed by atoms with Crippen LogP contribution in [0.5, 0.6) is 11.5 Å². The zero-order valence-corrected chi connectivity index (χ0v) is 40.0. The van der Waals surface area contributed by atoms with Gasteiger partial charge in [-0.2, -0.15) is 6.07 Å². The summed E-state index contributed by atoms with van der Waals surface area (Å²) in [5, 5.41) is 2.23. The van der Waals surface area contributed by atoms with Crippen molar-refractivity contribution in [1.29, 1.82) is 0 Å². The van der Waals surface area contributed by atoms with Crippen molar-refractivity contribution < 1.29 is 25.8 Å². The van der Waals surface area contributed by atoms with Crippen molar-refractivity contribution in [1.82, 2.24) is 9.55 Å². The number of nitrogens with zero attached hydrogens (tertiary/aromatic N) is 4. The molecule has 6 heteroatoms. The first-order valence-electron chi connectivity index (χ1n) is 21.9. The number of benzene rings is 6. The number of para-hydroxylation sites is 1. The summed E-state index contributed by atoms with van der Waals surface area (Å²) in [4.78, 5) is 9.16. The second-order valence-electron chi connectivity index (χ2n) is 18.5. The minimum absolute atomic E-state index is 0. The van der Waals surface area contributed by atoms with Gasteiger partial charge in [0.2, 0.25) is 0 Å². The smallest absolute Gasteiger partial charge is 0.135 e. The molecule has 9 rings (SSSR count).